The molecule has 10 heavy (non-hydrogen) atoms. The maximum absolute atomic E-state index is 10.1. The number of rotatable bonds is 2. The highest BCUT2D eigenvalue weighted by Gasteiger charge is 1.90. The molecular formula is C7H7NO2. The van der Waals surface area contributed by atoms with Gasteiger partial charge in [0.05, 0.1) is 13.3 Å². The predicted molar refractivity (Wildman–Crippen MR) is 36.2 cm³/mol. The number of pyridine rings is 1. The lowest BCUT2D eigenvalue weighted by Crippen LogP contribution is -1.87. The third-order valence-corrected chi connectivity index (χ3v) is 1.12. The average molecular weight is 137 g/mol. The van der Waals surface area contributed by atoms with Crippen LogP contribution in [0.15, 0.2) is 18.3 Å². The van der Waals surface area contributed by atoms with Gasteiger partial charge in [-0.15, -0.1) is 0 Å². The minimum atomic E-state index is 0.417. The van der Waals surface area contributed by atoms with Crippen molar-refractivity contribution in [3.8, 4) is 5.75 Å². The third kappa shape index (κ3) is 1.31. The Balaban J connectivity index is 2.90. The summed E-state index contributed by atoms with van der Waals surface area (Å²) in [6.45, 7) is 0. The number of aromatic nitrogens is 1. The Morgan fingerprint density at radius 2 is 2.40 bits per heavy atom. The van der Waals surface area contributed by atoms with Crippen molar-refractivity contribution >= 4 is 6.29 Å². The lowest BCUT2D eigenvalue weighted by atomic mass is 10.4. The zero-order valence-corrected chi connectivity index (χ0v) is 5.57. The summed E-state index contributed by atoms with van der Waals surface area (Å²) in [5.74, 6) is 0.658. The van der Waals surface area contributed by atoms with Crippen LogP contribution in [0.25, 0.3) is 0 Å². The van der Waals surface area contributed by atoms with Crippen molar-refractivity contribution in [2.24, 2.45) is 0 Å². The van der Waals surface area contributed by atoms with Crippen LogP contribution in [0.3, 0.4) is 0 Å². The molecule has 0 radical (unpaired) electrons. The maximum Gasteiger partial charge on any atom is 0.168 e. The summed E-state index contributed by atoms with van der Waals surface area (Å²) in [7, 11) is 1.55. The van der Waals surface area contributed by atoms with Gasteiger partial charge in [0.2, 0.25) is 0 Å². The van der Waals surface area contributed by atoms with Crippen LogP contribution in [0.2, 0.25) is 0 Å². The normalized spacial score (nSPS) is 8.90. The number of hydrogen-bond donors (Lipinski definition) is 0. The van der Waals surface area contributed by atoms with E-state index >= 15 is 0 Å². The predicted octanol–water partition coefficient (Wildman–Crippen LogP) is 0.903. The highest BCUT2D eigenvalue weighted by Crippen LogP contribution is 2.05. The SMILES string of the molecule is COc1ccc(C=O)nc1. The highest BCUT2D eigenvalue weighted by molar-refractivity contribution is 5.71. The largest absolute Gasteiger partial charge is 0.495 e. The zero-order chi connectivity index (χ0) is 7.40. The van der Waals surface area contributed by atoms with Crippen LogP contribution in [0.5, 0.6) is 5.75 Å². The van der Waals surface area contributed by atoms with E-state index in [9.17, 15) is 4.79 Å². The van der Waals surface area contributed by atoms with Gasteiger partial charge in [-0.1, -0.05) is 0 Å². The molecule has 1 rings (SSSR count). The summed E-state index contributed by atoms with van der Waals surface area (Å²) in [6.07, 6.45) is 2.20. The maximum atomic E-state index is 10.1. The lowest BCUT2D eigenvalue weighted by molar-refractivity contribution is 0.111. The molecular weight excluding hydrogens is 130 g/mol. The van der Waals surface area contributed by atoms with E-state index in [1.807, 2.05) is 0 Å². The molecule has 0 spiro atoms. The smallest absolute Gasteiger partial charge is 0.168 e. The van der Waals surface area contributed by atoms with Crippen LogP contribution in [-0.2, 0) is 0 Å². The quantitative estimate of drug-likeness (QED) is 0.568. The van der Waals surface area contributed by atoms with Gasteiger partial charge in [-0.2, -0.15) is 0 Å². The molecule has 0 atom stereocenters. The topological polar surface area (TPSA) is 39.2 Å². The van der Waals surface area contributed by atoms with Gasteiger partial charge < -0.3 is 4.74 Å². The van der Waals surface area contributed by atoms with Crippen molar-refractivity contribution in [1.29, 1.82) is 0 Å². The van der Waals surface area contributed by atoms with E-state index in [2.05, 4.69) is 4.98 Å². The van der Waals surface area contributed by atoms with Gasteiger partial charge in [0, 0.05) is 0 Å². The Morgan fingerprint density at radius 3 is 2.80 bits per heavy atom. The molecule has 0 fully saturated rings. The van der Waals surface area contributed by atoms with Gasteiger partial charge >= 0.3 is 0 Å². The van der Waals surface area contributed by atoms with E-state index in [1.54, 1.807) is 19.2 Å². The second-order valence-electron chi connectivity index (χ2n) is 1.74. The second kappa shape index (κ2) is 2.96. The van der Waals surface area contributed by atoms with Gasteiger partial charge in [-0.25, -0.2) is 4.98 Å². The fourth-order valence-corrected chi connectivity index (χ4v) is 0.582. The summed E-state index contributed by atoms with van der Waals surface area (Å²) in [5, 5.41) is 0. The van der Waals surface area contributed by atoms with Crippen molar-refractivity contribution in [3.05, 3.63) is 24.0 Å². The fourth-order valence-electron chi connectivity index (χ4n) is 0.582. The molecule has 52 valence electrons. The molecule has 1 aromatic heterocycles. The summed E-state index contributed by atoms with van der Waals surface area (Å²) < 4.78 is 4.84. The summed E-state index contributed by atoms with van der Waals surface area (Å²) in [5.41, 5.74) is 0.417. The Bertz CT molecular complexity index is 218. The van der Waals surface area contributed by atoms with E-state index in [-0.39, 0.29) is 0 Å². The first kappa shape index (κ1) is 6.74. The third-order valence-electron chi connectivity index (χ3n) is 1.12. The standard InChI is InChI=1S/C7H7NO2/c1-10-7-3-2-6(5-9)8-4-7/h2-5H,1H3. The Kier molecular flexibility index (Phi) is 1.99. The van der Waals surface area contributed by atoms with E-state index in [0.29, 0.717) is 17.7 Å². The van der Waals surface area contributed by atoms with Gasteiger partial charge in [0.15, 0.2) is 6.29 Å². The molecule has 3 heteroatoms. The van der Waals surface area contributed by atoms with Gasteiger partial charge in [0.1, 0.15) is 11.4 Å². The second-order valence-corrected chi connectivity index (χ2v) is 1.74. The Hall–Kier alpha value is -1.38. The molecule has 1 aromatic rings. The minimum absolute atomic E-state index is 0.417. The molecule has 0 amide bonds. The van der Waals surface area contributed by atoms with Crippen LogP contribution in [0.4, 0.5) is 0 Å². The van der Waals surface area contributed by atoms with Crippen molar-refractivity contribution in [1.82, 2.24) is 4.98 Å². The summed E-state index contributed by atoms with van der Waals surface area (Å²) in [4.78, 5) is 13.9. The van der Waals surface area contributed by atoms with Crippen LogP contribution in [0.1, 0.15) is 10.5 Å². The van der Waals surface area contributed by atoms with Crippen LogP contribution in [-0.4, -0.2) is 18.4 Å². The van der Waals surface area contributed by atoms with Gasteiger partial charge in [-0.05, 0) is 12.1 Å². The molecule has 0 N–H and O–H groups in total. The molecule has 0 aliphatic rings. The van der Waals surface area contributed by atoms with Crippen LogP contribution < -0.4 is 4.74 Å². The van der Waals surface area contributed by atoms with Crippen molar-refractivity contribution in [3.63, 3.8) is 0 Å². The minimum Gasteiger partial charge on any atom is -0.495 e. The Labute approximate surface area is 58.7 Å². The number of aldehydes is 1. The highest BCUT2D eigenvalue weighted by atomic mass is 16.5. The molecule has 0 aromatic carbocycles. The van der Waals surface area contributed by atoms with E-state index < -0.39 is 0 Å². The van der Waals surface area contributed by atoms with E-state index in [1.165, 1.54) is 6.20 Å². The molecule has 1 heterocycles. The molecule has 3 nitrogen and oxygen atoms in total. The average Bonchev–Trinajstić information content (AvgIpc) is 2.05. The van der Waals surface area contributed by atoms with Crippen LogP contribution in [0, 0.1) is 0 Å². The molecule has 0 bridgehead atoms. The number of carbonyl (C=O) groups excluding carboxylic acids is 1. The van der Waals surface area contributed by atoms with Gasteiger partial charge in [-0.3, -0.25) is 4.79 Å². The molecule has 0 aliphatic heterocycles. The number of ether oxygens (including phenoxy) is 1. The monoisotopic (exact) mass is 137 g/mol. The first-order chi connectivity index (χ1) is 4.86. The summed E-state index contributed by atoms with van der Waals surface area (Å²) in [6, 6.07) is 3.29. The van der Waals surface area contributed by atoms with Crippen molar-refractivity contribution in [2.75, 3.05) is 7.11 Å². The summed E-state index contributed by atoms with van der Waals surface area (Å²) >= 11 is 0. The molecule has 0 unspecified atom stereocenters. The Morgan fingerprint density at radius 1 is 1.60 bits per heavy atom. The van der Waals surface area contributed by atoms with Crippen LogP contribution >= 0.6 is 0 Å². The first-order valence-corrected chi connectivity index (χ1v) is 2.82. The molecule has 0 aliphatic carbocycles. The lowest BCUT2D eigenvalue weighted by Gasteiger charge is -1.95. The first-order valence-electron chi connectivity index (χ1n) is 2.82. The number of methoxy groups -OCH3 is 1. The van der Waals surface area contributed by atoms with Crippen molar-refractivity contribution < 1.29 is 9.53 Å². The molecule has 0 saturated heterocycles. The van der Waals surface area contributed by atoms with E-state index in [4.69, 9.17) is 4.74 Å². The zero-order valence-electron chi connectivity index (χ0n) is 5.57. The van der Waals surface area contributed by atoms with Crippen molar-refractivity contribution in [2.45, 2.75) is 0 Å². The number of nitrogens with zero attached hydrogens (tertiary/aromatic N) is 1. The van der Waals surface area contributed by atoms with E-state index in [0.717, 1.165) is 0 Å². The molecule has 0 saturated carbocycles. The van der Waals surface area contributed by atoms with Gasteiger partial charge in [0.25, 0.3) is 0 Å². The number of carbonyl (C=O) groups is 1. The fraction of sp³-hybridized carbons (Fsp3) is 0.143. The number of hydrogen-bond acceptors (Lipinski definition) is 3.